The van der Waals surface area contributed by atoms with Gasteiger partial charge in [-0.3, -0.25) is 0 Å². The molecule has 0 aromatic heterocycles. The summed E-state index contributed by atoms with van der Waals surface area (Å²) in [6.45, 7) is 0. The molecule has 1 fully saturated rings. The third-order valence-electron chi connectivity index (χ3n) is 4.30. The van der Waals surface area contributed by atoms with Crippen molar-refractivity contribution < 1.29 is 9.13 Å². The number of ether oxygens (including phenoxy) is 1. The van der Waals surface area contributed by atoms with Gasteiger partial charge < -0.3 is 10.1 Å². The summed E-state index contributed by atoms with van der Waals surface area (Å²) in [6, 6.07) is 3.37. The molecule has 0 aliphatic heterocycles. The fourth-order valence-electron chi connectivity index (χ4n) is 3.23. The van der Waals surface area contributed by atoms with Crippen molar-refractivity contribution in [2.75, 3.05) is 14.2 Å². The van der Waals surface area contributed by atoms with E-state index in [0.29, 0.717) is 10.0 Å². The van der Waals surface area contributed by atoms with E-state index in [-0.39, 0.29) is 22.5 Å². The molecule has 1 atom stereocenters. The van der Waals surface area contributed by atoms with Crippen LogP contribution in [0.5, 0.6) is 0 Å². The zero-order valence-corrected chi connectivity index (χ0v) is 14.2. The van der Waals surface area contributed by atoms with Gasteiger partial charge >= 0.3 is 0 Å². The number of hydrogen-bond acceptors (Lipinski definition) is 2. The minimum Gasteiger partial charge on any atom is -0.376 e. The molecule has 1 aromatic rings. The van der Waals surface area contributed by atoms with E-state index < -0.39 is 0 Å². The zero-order valence-electron chi connectivity index (χ0n) is 11.8. The highest BCUT2D eigenvalue weighted by Crippen LogP contribution is 2.43. The molecule has 1 aromatic carbocycles. The SMILES string of the molecule is CNC(c1ccc(Br)c(Cl)c1F)C1(OC)CCCCC1. The van der Waals surface area contributed by atoms with E-state index in [1.165, 1.54) is 6.42 Å². The van der Waals surface area contributed by atoms with Crippen molar-refractivity contribution >= 4 is 27.5 Å². The number of rotatable bonds is 4. The van der Waals surface area contributed by atoms with Gasteiger partial charge in [-0.1, -0.05) is 36.9 Å². The molecule has 0 bridgehead atoms. The Balaban J connectivity index is 2.43. The predicted molar refractivity (Wildman–Crippen MR) is 83.7 cm³/mol. The van der Waals surface area contributed by atoms with Crippen molar-refractivity contribution in [1.82, 2.24) is 5.32 Å². The molecule has 0 heterocycles. The molecular weight excluding hydrogens is 345 g/mol. The van der Waals surface area contributed by atoms with Crippen LogP contribution < -0.4 is 5.32 Å². The van der Waals surface area contributed by atoms with E-state index in [2.05, 4.69) is 21.2 Å². The first kappa shape index (κ1) is 16.2. The molecule has 5 heteroatoms. The predicted octanol–water partition coefficient (Wildman–Crippen LogP) is 4.85. The fourth-order valence-corrected chi connectivity index (χ4v) is 3.70. The molecule has 112 valence electrons. The lowest BCUT2D eigenvalue weighted by molar-refractivity contribution is -0.0678. The average Bonchev–Trinajstić information content (AvgIpc) is 2.49. The molecule has 20 heavy (non-hydrogen) atoms. The fraction of sp³-hybridized carbons (Fsp3) is 0.600. The zero-order chi connectivity index (χ0) is 14.8. The summed E-state index contributed by atoms with van der Waals surface area (Å²) in [7, 11) is 3.56. The molecule has 2 nitrogen and oxygen atoms in total. The number of hydrogen-bond donors (Lipinski definition) is 1. The lowest BCUT2D eigenvalue weighted by Crippen LogP contribution is -2.46. The van der Waals surface area contributed by atoms with Crippen molar-refractivity contribution in [1.29, 1.82) is 0 Å². The second-order valence-electron chi connectivity index (χ2n) is 5.32. The summed E-state index contributed by atoms with van der Waals surface area (Å²) in [5, 5.41) is 3.36. The van der Waals surface area contributed by atoms with Gasteiger partial charge in [0.25, 0.3) is 0 Å². The standard InChI is InChI=1S/C15H20BrClFNO/c1-19-14(15(20-2)8-4-3-5-9-15)10-6-7-11(16)12(17)13(10)18/h6-7,14,19H,3-5,8-9H2,1-2H3. The van der Waals surface area contributed by atoms with Gasteiger partial charge in [0.1, 0.15) is 5.82 Å². The van der Waals surface area contributed by atoms with Crippen molar-refractivity contribution in [2.45, 2.75) is 43.7 Å². The van der Waals surface area contributed by atoms with Crippen LogP contribution in [0.1, 0.15) is 43.7 Å². The van der Waals surface area contributed by atoms with Crippen LogP contribution in [-0.4, -0.2) is 19.8 Å². The third-order valence-corrected chi connectivity index (χ3v) is 5.56. The van der Waals surface area contributed by atoms with E-state index in [4.69, 9.17) is 16.3 Å². The largest absolute Gasteiger partial charge is 0.376 e. The smallest absolute Gasteiger partial charge is 0.147 e. The van der Waals surface area contributed by atoms with Crippen LogP contribution in [0.3, 0.4) is 0 Å². The Kier molecular flexibility index (Phi) is 5.46. The number of halogens is 3. The molecule has 2 rings (SSSR count). The highest BCUT2D eigenvalue weighted by Gasteiger charge is 2.41. The van der Waals surface area contributed by atoms with Crippen molar-refractivity contribution in [3.05, 3.63) is 33.0 Å². The van der Waals surface area contributed by atoms with E-state index in [1.54, 1.807) is 19.2 Å². The van der Waals surface area contributed by atoms with Gasteiger partial charge in [-0.2, -0.15) is 0 Å². The summed E-state index contributed by atoms with van der Waals surface area (Å²) in [5.74, 6) is -0.373. The number of benzene rings is 1. The van der Waals surface area contributed by atoms with Crippen molar-refractivity contribution in [3.8, 4) is 0 Å². The first-order valence-electron chi connectivity index (χ1n) is 6.91. The second kappa shape index (κ2) is 6.73. The van der Waals surface area contributed by atoms with E-state index >= 15 is 0 Å². The molecular formula is C15H20BrClFNO. The van der Waals surface area contributed by atoms with Crippen LogP contribution in [0.4, 0.5) is 4.39 Å². The van der Waals surface area contributed by atoms with Gasteiger partial charge in [0, 0.05) is 17.1 Å². The van der Waals surface area contributed by atoms with Gasteiger partial charge in [-0.15, -0.1) is 0 Å². The highest BCUT2D eigenvalue weighted by molar-refractivity contribution is 9.10. The summed E-state index contributed by atoms with van der Waals surface area (Å²) in [6.07, 6.45) is 5.30. The van der Waals surface area contributed by atoms with Gasteiger partial charge in [-0.25, -0.2) is 4.39 Å². The maximum absolute atomic E-state index is 14.5. The summed E-state index contributed by atoms with van der Waals surface area (Å²) >= 11 is 9.28. The number of likely N-dealkylation sites (N-methyl/N-ethyl adjacent to an activating group) is 1. The maximum Gasteiger partial charge on any atom is 0.147 e. The minimum atomic E-state index is -0.373. The maximum atomic E-state index is 14.5. The summed E-state index contributed by atoms with van der Waals surface area (Å²) < 4.78 is 20.9. The topological polar surface area (TPSA) is 21.3 Å². The van der Waals surface area contributed by atoms with Gasteiger partial charge in [0.05, 0.1) is 16.7 Å². The average molecular weight is 365 g/mol. The molecule has 1 N–H and O–H groups in total. The van der Waals surface area contributed by atoms with E-state index in [0.717, 1.165) is 25.7 Å². The van der Waals surface area contributed by atoms with Crippen LogP contribution in [0.2, 0.25) is 5.02 Å². The van der Waals surface area contributed by atoms with Gasteiger partial charge in [-0.05, 0) is 41.9 Å². The van der Waals surface area contributed by atoms with E-state index in [9.17, 15) is 4.39 Å². The Morgan fingerprint density at radius 1 is 1.35 bits per heavy atom. The summed E-state index contributed by atoms with van der Waals surface area (Å²) in [5.41, 5.74) is 0.217. The van der Waals surface area contributed by atoms with Crippen LogP contribution >= 0.6 is 27.5 Å². The minimum absolute atomic E-state index is 0.129. The monoisotopic (exact) mass is 363 g/mol. The number of nitrogens with one attached hydrogen (secondary N) is 1. The lowest BCUT2D eigenvalue weighted by Gasteiger charge is -2.42. The van der Waals surface area contributed by atoms with Crippen molar-refractivity contribution in [2.24, 2.45) is 0 Å². The Bertz CT molecular complexity index is 477. The Hall–Kier alpha value is -0.160. The van der Waals surface area contributed by atoms with Gasteiger partial charge in [0.2, 0.25) is 0 Å². The quantitative estimate of drug-likeness (QED) is 0.771. The molecule has 1 aliphatic rings. The molecule has 1 unspecified atom stereocenters. The van der Waals surface area contributed by atoms with Crippen LogP contribution in [0.15, 0.2) is 16.6 Å². The first-order valence-corrected chi connectivity index (χ1v) is 8.08. The Morgan fingerprint density at radius 2 is 2.00 bits per heavy atom. The highest BCUT2D eigenvalue weighted by atomic mass is 79.9. The second-order valence-corrected chi connectivity index (χ2v) is 6.55. The first-order chi connectivity index (χ1) is 9.55. The molecule has 1 aliphatic carbocycles. The van der Waals surface area contributed by atoms with Crippen molar-refractivity contribution in [3.63, 3.8) is 0 Å². The van der Waals surface area contributed by atoms with Crippen LogP contribution in [-0.2, 0) is 4.74 Å². The molecule has 0 saturated heterocycles. The number of methoxy groups -OCH3 is 1. The van der Waals surface area contributed by atoms with Crippen LogP contribution in [0, 0.1) is 5.82 Å². The third kappa shape index (κ3) is 2.89. The molecule has 1 saturated carbocycles. The molecule has 0 spiro atoms. The Labute approximate surface area is 133 Å². The lowest BCUT2D eigenvalue weighted by atomic mass is 9.76. The molecule has 0 radical (unpaired) electrons. The normalized spacial score (nSPS) is 19.9. The Morgan fingerprint density at radius 3 is 2.55 bits per heavy atom. The molecule has 0 amide bonds. The van der Waals surface area contributed by atoms with Gasteiger partial charge in [0.15, 0.2) is 0 Å². The van der Waals surface area contributed by atoms with Crippen LogP contribution in [0.25, 0.3) is 0 Å². The summed E-state index contributed by atoms with van der Waals surface area (Å²) in [4.78, 5) is 0. The van der Waals surface area contributed by atoms with E-state index in [1.807, 2.05) is 7.05 Å².